The molecule has 0 aromatic heterocycles. The highest BCUT2D eigenvalue weighted by Gasteiger charge is 2.22. The summed E-state index contributed by atoms with van der Waals surface area (Å²) in [4.78, 5) is 11.9. The van der Waals surface area contributed by atoms with Gasteiger partial charge in [-0.15, -0.1) is 0 Å². The summed E-state index contributed by atoms with van der Waals surface area (Å²) in [5.74, 6) is 1.30. The van der Waals surface area contributed by atoms with E-state index in [1.807, 2.05) is 0 Å². The first-order chi connectivity index (χ1) is 20.4. The maximum atomic E-state index is 11.9. The van der Waals surface area contributed by atoms with Crippen LogP contribution in [0.4, 0.5) is 0 Å². The number of unbranched alkanes of at least 4 members (excludes halogenated alkanes) is 2. The molecule has 0 radical (unpaired) electrons. The van der Waals surface area contributed by atoms with Crippen molar-refractivity contribution in [3.63, 3.8) is 0 Å². The molecule has 1 aliphatic carbocycles. The topological polar surface area (TPSA) is 46.5 Å². The van der Waals surface area contributed by atoms with Gasteiger partial charge in [-0.2, -0.15) is 0 Å². The minimum absolute atomic E-state index is 0.160. The molecule has 0 aliphatic heterocycles. The van der Waals surface area contributed by atoms with Crippen LogP contribution in [-0.2, 0) is 22.4 Å². The van der Waals surface area contributed by atoms with Crippen molar-refractivity contribution in [3.8, 4) is 22.3 Å². The standard InChI is InChI=1S/C39H50O3/c1-5-6-7-9-30-11-13-32(14-12-30)33-15-17-34(18-16-33)35-21-22-38(29(4)26-35)37-20-19-31(10-8-24-40)36(27-37)23-25-42-39(41)28(2)3/h15-22,26-27,30,32,40H,2,5-14,23-25H2,1,3-4H3. The molecular formula is C39H50O3. The molecule has 0 unspecified atom stereocenters. The Hall–Kier alpha value is -3.17. The van der Waals surface area contributed by atoms with Crippen LogP contribution in [0.15, 0.2) is 72.8 Å². The smallest absolute Gasteiger partial charge is 0.333 e. The number of esters is 1. The van der Waals surface area contributed by atoms with Gasteiger partial charge in [0.2, 0.25) is 0 Å². The van der Waals surface area contributed by atoms with Crippen LogP contribution in [0, 0.1) is 12.8 Å². The molecular weight excluding hydrogens is 516 g/mol. The predicted octanol–water partition coefficient (Wildman–Crippen LogP) is 9.77. The van der Waals surface area contributed by atoms with E-state index in [1.54, 1.807) is 6.92 Å². The lowest BCUT2D eigenvalue weighted by atomic mass is 9.77. The number of hydrogen-bond donors (Lipinski definition) is 1. The molecule has 224 valence electrons. The first-order valence-corrected chi connectivity index (χ1v) is 16.2. The summed E-state index contributed by atoms with van der Waals surface area (Å²) in [6.45, 7) is 10.3. The average molecular weight is 567 g/mol. The Labute approximate surface area is 254 Å². The molecule has 1 aliphatic rings. The van der Waals surface area contributed by atoms with Crippen molar-refractivity contribution in [2.24, 2.45) is 5.92 Å². The summed E-state index contributed by atoms with van der Waals surface area (Å²) in [5.41, 5.74) is 10.4. The normalized spacial score (nSPS) is 16.8. The summed E-state index contributed by atoms with van der Waals surface area (Å²) in [6.07, 6.45) is 13.1. The van der Waals surface area contributed by atoms with Crippen LogP contribution in [0.2, 0.25) is 0 Å². The fourth-order valence-corrected chi connectivity index (χ4v) is 6.50. The van der Waals surface area contributed by atoms with Gasteiger partial charge in [0.25, 0.3) is 0 Å². The Morgan fingerprint density at radius 2 is 1.57 bits per heavy atom. The summed E-state index contributed by atoms with van der Waals surface area (Å²) in [7, 11) is 0. The Morgan fingerprint density at radius 3 is 2.24 bits per heavy atom. The van der Waals surface area contributed by atoms with Crippen molar-refractivity contribution in [2.45, 2.75) is 97.3 Å². The van der Waals surface area contributed by atoms with E-state index in [1.165, 1.54) is 84.7 Å². The van der Waals surface area contributed by atoms with Crippen LogP contribution >= 0.6 is 0 Å². The molecule has 4 rings (SSSR count). The van der Waals surface area contributed by atoms with E-state index in [9.17, 15) is 9.90 Å². The highest BCUT2D eigenvalue weighted by Crippen LogP contribution is 2.38. The van der Waals surface area contributed by atoms with Crippen LogP contribution in [-0.4, -0.2) is 24.3 Å². The second kappa shape index (κ2) is 15.9. The van der Waals surface area contributed by atoms with Gasteiger partial charge in [-0.3, -0.25) is 0 Å². The van der Waals surface area contributed by atoms with Gasteiger partial charge in [0.15, 0.2) is 0 Å². The number of ether oxygens (including phenoxy) is 1. The number of carbonyl (C=O) groups excluding carboxylic acids is 1. The zero-order valence-corrected chi connectivity index (χ0v) is 26.1. The van der Waals surface area contributed by atoms with Crippen molar-refractivity contribution >= 4 is 5.97 Å². The first-order valence-electron chi connectivity index (χ1n) is 16.2. The van der Waals surface area contributed by atoms with Crippen molar-refractivity contribution in [1.29, 1.82) is 0 Å². The lowest BCUT2D eigenvalue weighted by Crippen LogP contribution is -2.13. The fourth-order valence-electron chi connectivity index (χ4n) is 6.50. The van der Waals surface area contributed by atoms with E-state index in [0.717, 1.165) is 23.5 Å². The maximum absolute atomic E-state index is 11.9. The molecule has 1 fully saturated rings. The molecule has 3 aromatic rings. The Bertz CT molecular complexity index is 1310. The van der Waals surface area contributed by atoms with Crippen LogP contribution in [0.1, 0.15) is 99.8 Å². The molecule has 0 amide bonds. The number of aliphatic hydroxyl groups is 1. The number of rotatable bonds is 14. The van der Waals surface area contributed by atoms with Crippen LogP contribution in [0.3, 0.4) is 0 Å². The molecule has 0 bridgehead atoms. The SMILES string of the molecule is C=C(C)C(=O)OCCc1cc(-c2ccc(-c3ccc(C4CCC(CCCCC)CC4)cc3)cc2C)ccc1CCCO. The van der Waals surface area contributed by atoms with E-state index >= 15 is 0 Å². The molecule has 0 saturated heterocycles. The second-order valence-corrected chi connectivity index (χ2v) is 12.3. The first kappa shape index (κ1) is 31.8. The zero-order valence-electron chi connectivity index (χ0n) is 26.1. The number of aliphatic hydroxyl groups excluding tert-OH is 1. The lowest BCUT2D eigenvalue weighted by molar-refractivity contribution is -0.138. The minimum Gasteiger partial charge on any atom is -0.462 e. The number of carbonyl (C=O) groups is 1. The number of benzene rings is 3. The van der Waals surface area contributed by atoms with Crippen LogP contribution < -0.4 is 0 Å². The second-order valence-electron chi connectivity index (χ2n) is 12.3. The molecule has 0 atom stereocenters. The quantitative estimate of drug-likeness (QED) is 0.120. The van der Waals surface area contributed by atoms with Crippen molar-refractivity contribution < 1.29 is 14.6 Å². The van der Waals surface area contributed by atoms with E-state index in [-0.39, 0.29) is 12.6 Å². The lowest BCUT2D eigenvalue weighted by Gasteiger charge is -2.29. The molecule has 1 N–H and O–H groups in total. The Morgan fingerprint density at radius 1 is 0.857 bits per heavy atom. The third kappa shape index (κ3) is 8.67. The molecule has 3 aromatic carbocycles. The van der Waals surface area contributed by atoms with Gasteiger partial charge in [-0.1, -0.05) is 99.8 Å². The average Bonchev–Trinajstić information content (AvgIpc) is 3.01. The molecule has 1 saturated carbocycles. The minimum atomic E-state index is -0.354. The highest BCUT2D eigenvalue weighted by atomic mass is 16.5. The highest BCUT2D eigenvalue weighted by molar-refractivity contribution is 5.86. The molecule has 0 heterocycles. The van der Waals surface area contributed by atoms with Crippen LogP contribution in [0.5, 0.6) is 0 Å². The molecule has 3 heteroatoms. The largest absolute Gasteiger partial charge is 0.462 e. The summed E-state index contributed by atoms with van der Waals surface area (Å²) < 4.78 is 5.38. The number of hydrogen-bond acceptors (Lipinski definition) is 3. The van der Waals surface area contributed by atoms with Gasteiger partial charge in [-0.05, 0) is 109 Å². The van der Waals surface area contributed by atoms with Gasteiger partial charge >= 0.3 is 5.97 Å². The third-order valence-electron chi connectivity index (χ3n) is 9.08. The third-order valence-corrected chi connectivity index (χ3v) is 9.08. The van der Waals surface area contributed by atoms with Gasteiger partial charge < -0.3 is 9.84 Å². The summed E-state index contributed by atoms with van der Waals surface area (Å²) >= 11 is 0. The predicted molar refractivity (Wildman–Crippen MR) is 176 cm³/mol. The Balaban J connectivity index is 1.44. The monoisotopic (exact) mass is 566 g/mol. The van der Waals surface area contributed by atoms with E-state index in [4.69, 9.17) is 4.74 Å². The van der Waals surface area contributed by atoms with Gasteiger partial charge in [-0.25, -0.2) is 4.79 Å². The van der Waals surface area contributed by atoms with Gasteiger partial charge in [0.1, 0.15) is 0 Å². The molecule has 3 nitrogen and oxygen atoms in total. The number of aryl methyl sites for hydroxylation is 2. The zero-order chi connectivity index (χ0) is 29.9. The summed E-state index contributed by atoms with van der Waals surface area (Å²) in [6, 6.07) is 22.6. The van der Waals surface area contributed by atoms with E-state index < -0.39 is 0 Å². The van der Waals surface area contributed by atoms with Crippen molar-refractivity contribution in [2.75, 3.05) is 13.2 Å². The Kier molecular flexibility index (Phi) is 12.0. The van der Waals surface area contributed by atoms with Gasteiger partial charge in [0.05, 0.1) is 6.61 Å². The maximum Gasteiger partial charge on any atom is 0.333 e. The van der Waals surface area contributed by atoms with E-state index in [2.05, 4.69) is 81.1 Å². The van der Waals surface area contributed by atoms with Crippen molar-refractivity contribution in [3.05, 3.63) is 95.1 Å². The van der Waals surface area contributed by atoms with Crippen LogP contribution in [0.25, 0.3) is 22.3 Å². The van der Waals surface area contributed by atoms with E-state index in [0.29, 0.717) is 30.9 Å². The summed E-state index contributed by atoms with van der Waals surface area (Å²) in [5, 5.41) is 9.36. The van der Waals surface area contributed by atoms with Gasteiger partial charge in [0, 0.05) is 18.6 Å². The fraction of sp³-hybridized carbons (Fsp3) is 0.462. The van der Waals surface area contributed by atoms with Crippen molar-refractivity contribution in [1.82, 2.24) is 0 Å². The molecule has 0 spiro atoms. The molecule has 42 heavy (non-hydrogen) atoms.